The highest BCUT2D eigenvalue weighted by molar-refractivity contribution is 5.90. The fourth-order valence-electron chi connectivity index (χ4n) is 6.78. The molecular weight excluding hydrogens is 598 g/mol. The van der Waals surface area contributed by atoms with Crippen LogP contribution >= 0.6 is 0 Å². The van der Waals surface area contributed by atoms with Gasteiger partial charge in [0.05, 0.1) is 23.3 Å². The van der Waals surface area contributed by atoms with Crippen molar-refractivity contribution in [3.05, 3.63) is 70.9 Å². The van der Waals surface area contributed by atoms with Gasteiger partial charge in [-0.2, -0.15) is 26.3 Å². The molecule has 2 aromatic carbocycles. The third-order valence-electron chi connectivity index (χ3n) is 9.55. The number of hydrogen-bond donors (Lipinski definition) is 3. The third-order valence-corrected chi connectivity index (χ3v) is 9.55. The van der Waals surface area contributed by atoms with E-state index in [0.717, 1.165) is 67.4 Å². The Hall–Kier alpha value is -3.54. The highest BCUT2D eigenvalue weighted by atomic mass is 19.4. The number of piperidine rings is 3. The van der Waals surface area contributed by atoms with Crippen LogP contribution in [-0.2, 0) is 30.0 Å². The summed E-state index contributed by atoms with van der Waals surface area (Å²) in [6.07, 6.45) is -3.45. The van der Waals surface area contributed by atoms with Gasteiger partial charge in [-0.05, 0) is 79.3 Å². The number of unbranched alkanes of at least 4 members (excludes halogenated alkanes) is 1. The van der Waals surface area contributed by atoms with Gasteiger partial charge in [-0.25, -0.2) is 4.79 Å². The number of ketones is 1. The molecule has 244 valence electrons. The number of aromatic amines is 1. The van der Waals surface area contributed by atoms with E-state index in [4.69, 9.17) is 0 Å². The summed E-state index contributed by atoms with van der Waals surface area (Å²) in [5, 5.41) is 6.86. The van der Waals surface area contributed by atoms with Gasteiger partial charge in [0.2, 0.25) is 0 Å². The standard InChI is InChI=1S/C33H38F6N4O2/c1-2-31-11-13-43(14-12-31)29(19-31)42-30(45)41-27(17-22-20-40-26-9-5-4-8-25(22)26)28(44)10-6-3-7-21-15-23(32(34,35)36)18-24(16-21)33(37,38)39/h4-5,8-9,15-16,18,20,27,29,40H,2-3,6-7,10-14,17,19H2,1H3,(H2,41,42,45). The molecule has 1 aromatic heterocycles. The van der Waals surface area contributed by atoms with Crippen molar-refractivity contribution in [1.29, 1.82) is 0 Å². The Bertz CT molecular complexity index is 1470. The fourth-order valence-corrected chi connectivity index (χ4v) is 6.78. The van der Waals surface area contributed by atoms with Gasteiger partial charge >= 0.3 is 18.4 Å². The number of alkyl halides is 6. The van der Waals surface area contributed by atoms with Crippen LogP contribution in [0.15, 0.2) is 48.7 Å². The minimum absolute atomic E-state index is 0.00684. The van der Waals surface area contributed by atoms with E-state index >= 15 is 0 Å². The first kappa shape index (κ1) is 32.8. The number of H-pyrrole nitrogens is 1. The highest BCUT2D eigenvalue weighted by Gasteiger charge is 2.44. The molecule has 2 amide bonds. The minimum Gasteiger partial charge on any atom is -0.361 e. The van der Waals surface area contributed by atoms with Crippen molar-refractivity contribution < 1.29 is 35.9 Å². The molecule has 45 heavy (non-hydrogen) atoms. The van der Waals surface area contributed by atoms with E-state index in [1.807, 2.05) is 24.3 Å². The molecule has 2 unspecified atom stereocenters. The zero-order chi connectivity index (χ0) is 32.4. The number of aryl methyl sites for hydroxylation is 1. The van der Waals surface area contributed by atoms with Crippen molar-refractivity contribution in [2.45, 2.75) is 89.3 Å². The van der Waals surface area contributed by atoms with Crippen LogP contribution in [0.4, 0.5) is 31.1 Å². The lowest BCUT2D eigenvalue weighted by Crippen LogP contribution is -2.62. The molecule has 3 fully saturated rings. The Morgan fingerprint density at radius 1 is 1.00 bits per heavy atom. The summed E-state index contributed by atoms with van der Waals surface area (Å²) in [4.78, 5) is 32.1. The summed E-state index contributed by atoms with van der Waals surface area (Å²) in [6.45, 7) is 4.00. The molecule has 2 atom stereocenters. The summed E-state index contributed by atoms with van der Waals surface area (Å²) in [7, 11) is 0. The number of halogens is 6. The third kappa shape index (κ3) is 7.82. The van der Waals surface area contributed by atoms with Crippen LogP contribution in [0.1, 0.15) is 74.1 Å². The molecule has 6 nitrogen and oxygen atoms in total. The van der Waals surface area contributed by atoms with Crippen molar-refractivity contribution in [3.63, 3.8) is 0 Å². The molecule has 3 aliphatic heterocycles. The summed E-state index contributed by atoms with van der Waals surface area (Å²) in [6, 6.07) is 7.83. The molecule has 12 heteroatoms. The lowest BCUT2D eigenvalue weighted by molar-refractivity contribution is -0.143. The lowest BCUT2D eigenvalue weighted by atomic mass is 9.69. The minimum atomic E-state index is -4.92. The number of para-hydroxylation sites is 1. The highest BCUT2D eigenvalue weighted by Crippen LogP contribution is 2.45. The fraction of sp³-hybridized carbons (Fsp3) is 0.515. The molecule has 0 spiro atoms. The summed E-state index contributed by atoms with van der Waals surface area (Å²) in [5.41, 5.74) is -0.864. The maximum atomic E-state index is 13.5. The Labute approximate surface area is 257 Å². The Morgan fingerprint density at radius 2 is 1.67 bits per heavy atom. The van der Waals surface area contributed by atoms with Crippen LogP contribution in [0, 0.1) is 5.41 Å². The smallest absolute Gasteiger partial charge is 0.361 e. The molecule has 3 aromatic rings. The van der Waals surface area contributed by atoms with Gasteiger partial charge in [0, 0.05) is 43.0 Å². The molecule has 3 saturated heterocycles. The number of Topliss-reactive ketones (excluding diaryl/α,β-unsaturated/α-hetero) is 1. The number of rotatable bonds is 11. The second kappa shape index (κ2) is 13.1. The molecule has 0 aliphatic carbocycles. The summed E-state index contributed by atoms with van der Waals surface area (Å²) in [5.74, 6) is -0.258. The molecule has 0 radical (unpaired) electrons. The van der Waals surface area contributed by atoms with E-state index in [1.165, 1.54) is 0 Å². The van der Waals surface area contributed by atoms with E-state index in [9.17, 15) is 35.9 Å². The van der Waals surface area contributed by atoms with Crippen LogP contribution in [0.5, 0.6) is 0 Å². The van der Waals surface area contributed by atoms with Gasteiger partial charge < -0.3 is 15.6 Å². The summed E-state index contributed by atoms with van der Waals surface area (Å²) < 4.78 is 79.5. The topological polar surface area (TPSA) is 77.2 Å². The number of benzene rings is 2. The normalized spacial score (nSPS) is 22.4. The molecule has 3 N–H and O–H groups in total. The number of hydrogen-bond acceptors (Lipinski definition) is 3. The van der Waals surface area contributed by atoms with Gasteiger partial charge in [0.1, 0.15) is 0 Å². The zero-order valence-electron chi connectivity index (χ0n) is 25.1. The van der Waals surface area contributed by atoms with Gasteiger partial charge in [-0.1, -0.05) is 31.5 Å². The number of nitrogens with one attached hydrogen (secondary N) is 3. The van der Waals surface area contributed by atoms with E-state index < -0.39 is 35.6 Å². The summed E-state index contributed by atoms with van der Waals surface area (Å²) >= 11 is 0. The van der Waals surface area contributed by atoms with Crippen LogP contribution in [0.2, 0.25) is 0 Å². The van der Waals surface area contributed by atoms with Crippen LogP contribution in [0.3, 0.4) is 0 Å². The number of nitrogens with zero attached hydrogens (tertiary/aromatic N) is 1. The maximum absolute atomic E-state index is 13.5. The van der Waals surface area contributed by atoms with Gasteiger partial charge in [0.15, 0.2) is 5.78 Å². The largest absolute Gasteiger partial charge is 0.416 e. The van der Waals surface area contributed by atoms with Crippen LogP contribution in [0.25, 0.3) is 10.9 Å². The zero-order valence-corrected chi connectivity index (χ0v) is 25.1. The second-order valence-corrected chi connectivity index (χ2v) is 12.4. The number of fused-ring (bicyclic) bond motifs is 4. The Morgan fingerprint density at radius 3 is 2.31 bits per heavy atom. The first-order valence-electron chi connectivity index (χ1n) is 15.4. The second-order valence-electron chi connectivity index (χ2n) is 12.4. The van der Waals surface area contributed by atoms with Gasteiger partial charge in [-0.15, -0.1) is 0 Å². The first-order chi connectivity index (χ1) is 21.3. The average molecular weight is 637 g/mol. The number of amides is 2. The van der Waals surface area contributed by atoms with Crippen molar-refractivity contribution >= 4 is 22.7 Å². The lowest BCUT2D eigenvalue weighted by Gasteiger charge is -2.52. The van der Waals surface area contributed by atoms with Crippen molar-refractivity contribution in [2.75, 3.05) is 13.1 Å². The van der Waals surface area contributed by atoms with E-state index in [0.29, 0.717) is 0 Å². The SMILES string of the molecule is CCC12CCN(CC1)C(NC(=O)NC(Cc1c[nH]c3ccccc13)C(=O)CCCCc1cc(C(F)(F)F)cc(C(F)(F)F)c1)C2. The molecule has 3 aliphatic rings. The predicted octanol–water partition coefficient (Wildman–Crippen LogP) is 7.62. The Kier molecular flexibility index (Phi) is 9.53. The average Bonchev–Trinajstić information content (AvgIpc) is 3.41. The number of carbonyl (C=O) groups excluding carboxylic acids is 2. The number of aromatic nitrogens is 1. The van der Waals surface area contributed by atoms with E-state index in [1.54, 1.807) is 6.20 Å². The van der Waals surface area contributed by atoms with Gasteiger partial charge in [-0.3, -0.25) is 9.69 Å². The van der Waals surface area contributed by atoms with Gasteiger partial charge in [0.25, 0.3) is 0 Å². The number of carbonyl (C=O) groups is 2. The monoisotopic (exact) mass is 636 g/mol. The van der Waals surface area contributed by atoms with Crippen molar-refractivity contribution in [2.24, 2.45) is 5.41 Å². The van der Waals surface area contributed by atoms with Crippen molar-refractivity contribution in [1.82, 2.24) is 20.5 Å². The number of urea groups is 1. The molecular formula is C33H38F6N4O2. The molecule has 4 heterocycles. The molecule has 6 rings (SSSR count). The molecule has 0 saturated carbocycles. The van der Waals surface area contributed by atoms with E-state index in [2.05, 4.69) is 27.4 Å². The first-order valence-corrected chi connectivity index (χ1v) is 15.4. The van der Waals surface area contributed by atoms with Crippen molar-refractivity contribution in [3.8, 4) is 0 Å². The molecule has 2 bridgehead atoms. The van der Waals surface area contributed by atoms with Crippen LogP contribution < -0.4 is 10.6 Å². The quantitative estimate of drug-likeness (QED) is 0.150. The van der Waals surface area contributed by atoms with Crippen LogP contribution in [-0.4, -0.2) is 47.0 Å². The maximum Gasteiger partial charge on any atom is 0.416 e. The van der Waals surface area contributed by atoms with E-state index in [-0.39, 0.29) is 61.1 Å². The Balaban J connectivity index is 1.24. The predicted molar refractivity (Wildman–Crippen MR) is 158 cm³/mol.